The van der Waals surface area contributed by atoms with Crippen LogP contribution >= 0.6 is 24.0 Å². The van der Waals surface area contributed by atoms with Crippen molar-refractivity contribution in [2.45, 2.75) is 12.8 Å². The summed E-state index contributed by atoms with van der Waals surface area (Å²) in [5.41, 5.74) is 0.940. The third kappa shape index (κ3) is 4.10. The van der Waals surface area contributed by atoms with Crippen molar-refractivity contribution in [1.82, 2.24) is 4.98 Å². The van der Waals surface area contributed by atoms with Crippen LogP contribution in [0, 0.1) is 0 Å². The summed E-state index contributed by atoms with van der Waals surface area (Å²) in [5, 5.41) is 2.57. The molecular weight excluding hydrogens is 211 g/mol. The van der Waals surface area contributed by atoms with Crippen LogP contribution in [-0.4, -0.2) is 10.9 Å². The molecule has 0 radical (unpaired) electrons. The lowest BCUT2D eigenvalue weighted by atomic mass is 10.3. The van der Waals surface area contributed by atoms with Crippen molar-refractivity contribution in [3.8, 4) is 0 Å². The largest absolute Gasteiger partial charge is 0.311 e. The summed E-state index contributed by atoms with van der Waals surface area (Å²) < 4.78 is 0. The Bertz CT molecular complexity index is 291. The molecule has 0 unspecified atom stereocenters. The Kier molecular flexibility index (Phi) is 5.42. The van der Waals surface area contributed by atoms with E-state index in [4.69, 9.17) is 11.6 Å². The van der Waals surface area contributed by atoms with Crippen LogP contribution < -0.4 is 5.32 Å². The number of halogens is 2. The molecule has 1 N–H and O–H groups in total. The molecule has 0 atom stereocenters. The van der Waals surface area contributed by atoms with Gasteiger partial charge >= 0.3 is 0 Å². The minimum atomic E-state index is -0.130. The first-order chi connectivity index (χ1) is 5.72. The molecule has 1 aromatic rings. The first-order valence-corrected chi connectivity index (χ1v) is 4.04. The lowest BCUT2D eigenvalue weighted by Gasteiger charge is -2.01. The molecule has 0 spiro atoms. The lowest BCUT2D eigenvalue weighted by molar-refractivity contribution is -0.114. The molecular formula is C8H10Cl2N2O. The molecule has 0 bridgehead atoms. The van der Waals surface area contributed by atoms with E-state index in [1.807, 2.05) is 0 Å². The van der Waals surface area contributed by atoms with E-state index in [0.29, 0.717) is 11.7 Å². The van der Waals surface area contributed by atoms with Crippen LogP contribution in [0.5, 0.6) is 0 Å². The molecule has 0 aliphatic carbocycles. The summed E-state index contributed by atoms with van der Waals surface area (Å²) in [6.07, 6.45) is 1.61. The van der Waals surface area contributed by atoms with Crippen LogP contribution in [0.4, 0.5) is 5.82 Å². The molecule has 1 heterocycles. The van der Waals surface area contributed by atoms with E-state index in [0.717, 1.165) is 5.56 Å². The van der Waals surface area contributed by atoms with Crippen LogP contribution in [0.3, 0.4) is 0 Å². The van der Waals surface area contributed by atoms with Gasteiger partial charge in [0.15, 0.2) is 0 Å². The first-order valence-electron chi connectivity index (χ1n) is 3.51. The SMILES string of the molecule is CC(=O)Nc1cc(CCl)ccn1.Cl. The molecule has 0 saturated carbocycles. The highest BCUT2D eigenvalue weighted by Gasteiger charge is 1.97. The van der Waals surface area contributed by atoms with Crippen LogP contribution in [0.25, 0.3) is 0 Å². The topological polar surface area (TPSA) is 42.0 Å². The molecule has 0 aliphatic rings. The van der Waals surface area contributed by atoms with Crippen LogP contribution in [0.1, 0.15) is 12.5 Å². The van der Waals surface area contributed by atoms with E-state index in [-0.39, 0.29) is 18.3 Å². The maximum atomic E-state index is 10.6. The van der Waals surface area contributed by atoms with Gasteiger partial charge in [-0.15, -0.1) is 24.0 Å². The van der Waals surface area contributed by atoms with Crippen molar-refractivity contribution in [2.24, 2.45) is 0 Å². The number of hydrogen-bond donors (Lipinski definition) is 1. The Morgan fingerprint density at radius 2 is 2.38 bits per heavy atom. The maximum Gasteiger partial charge on any atom is 0.222 e. The number of aromatic nitrogens is 1. The Morgan fingerprint density at radius 1 is 1.69 bits per heavy atom. The Labute approximate surface area is 87.9 Å². The van der Waals surface area contributed by atoms with Crippen molar-refractivity contribution in [3.63, 3.8) is 0 Å². The van der Waals surface area contributed by atoms with Gasteiger partial charge in [0.05, 0.1) is 0 Å². The zero-order valence-electron chi connectivity index (χ0n) is 7.08. The lowest BCUT2D eigenvalue weighted by Crippen LogP contribution is -2.07. The fraction of sp³-hybridized carbons (Fsp3) is 0.250. The summed E-state index contributed by atoms with van der Waals surface area (Å²) >= 11 is 5.59. The third-order valence-electron chi connectivity index (χ3n) is 1.28. The number of pyridine rings is 1. The number of anilines is 1. The summed E-state index contributed by atoms with van der Waals surface area (Å²) in [7, 11) is 0. The van der Waals surface area contributed by atoms with E-state index >= 15 is 0 Å². The van der Waals surface area contributed by atoms with Gasteiger partial charge in [-0.05, 0) is 17.7 Å². The highest BCUT2D eigenvalue weighted by molar-refractivity contribution is 6.17. The fourth-order valence-electron chi connectivity index (χ4n) is 0.806. The van der Waals surface area contributed by atoms with Crippen molar-refractivity contribution < 1.29 is 4.79 Å². The number of nitrogens with zero attached hydrogens (tertiary/aromatic N) is 1. The molecule has 0 aliphatic heterocycles. The van der Waals surface area contributed by atoms with Gasteiger partial charge in [0.1, 0.15) is 5.82 Å². The highest BCUT2D eigenvalue weighted by Crippen LogP contribution is 2.08. The quantitative estimate of drug-likeness (QED) is 0.778. The van der Waals surface area contributed by atoms with Gasteiger partial charge in [-0.25, -0.2) is 4.98 Å². The van der Waals surface area contributed by atoms with E-state index in [1.54, 1.807) is 18.3 Å². The maximum absolute atomic E-state index is 10.6. The second kappa shape index (κ2) is 5.78. The number of carbonyl (C=O) groups excluding carboxylic acids is 1. The standard InChI is InChI=1S/C8H9ClN2O.ClH/c1-6(12)11-8-4-7(5-9)2-3-10-8;/h2-4H,5H2,1H3,(H,10,11,12);1H. The number of hydrogen-bond acceptors (Lipinski definition) is 2. The molecule has 0 saturated heterocycles. The summed E-state index contributed by atoms with van der Waals surface area (Å²) in [6.45, 7) is 1.44. The van der Waals surface area contributed by atoms with Crippen LogP contribution in [-0.2, 0) is 10.7 Å². The summed E-state index contributed by atoms with van der Waals surface area (Å²) in [5.74, 6) is 0.838. The van der Waals surface area contributed by atoms with E-state index < -0.39 is 0 Å². The molecule has 5 heteroatoms. The molecule has 1 amide bonds. The van der Waals surface area contributed by atoms with Crippen molar-refractivity contribution in [1.29, 1.82) is 0 Å². The number of carbonyl (C=O) groups is 1. The number of nitrogens with one attached hydrogen (secondary N) is 1. The average molecular weight is 221 g/mol. The molecule has 3 nitrogen and oxygen atoms in total. The Hall–Kier alpha value is -0.800. The zero-order chi connectivity index (χ0) is 8.97. The third-order valence-corrected chi connectivity index (χ3v) is 1.59. The number of alkyl halides is 1. The van der Waals surface area contributed by atoms with Crippen LogP contribution in [0.2, 0.25) is 0 Å². The normalized spacial score (nSPS) is 8.77. The predicted molar refractivity (Wildman–Crippen MR) is 55.3 cm³/mol. The minimum absolute atomic E-state index is 0. The van der Waals surface area contributed by atoms with Gasteiger partial charge in [0.25, 0.3) is 0 Å². The fourth-order valence-corrected chi connectivity index (χ4v) is 0.972. The minimum Gasteiger partial charge on any atom is -0.311 e. The smallest absolute Gasteiger partial charge is 0.222 e. The molecule has 13 heavy (non-hydrogen) atoms. The predicted octanol–water partition coefficient (Wildman–Crippen LogP) is 2.20. The van der Waals surface area contributed by atoms with E-state index in [9.17, 15) is 4.79 Å². The zero-order valence-corrected chi connectivity index (χ0v) is 8.65. The Balaban J connectivity index is 0.00000144. The average Bonchev–Trinajstić information content (AvgIpc) is 2.03. The Morgan fingerprint density at radius 3 is 2.92 bits per heavy atom. The highest BCUT2D eigenvalue weighted by atomic mass is 35.5. The second-order valence-corrected chi connectivity index (χ2v) is 2.63. The molecule has 1 aromatic heterocycles. The van der Waals surface area contributed by atoms with Crippen LogP contribution in [0.15, 0.2) is 18.3 Å². The molecule has 0 aromatic carbocycles. The molecule has 0 fully saturated rings. The summed E-state index contributed by atoms with van der Waals surface area (Å²) in [6, 6.07) is 3.55. The first kappa shape index (κ1) is 12.2. The molecule has 1 rings (SSSR count). The second-order valence-electron chi connectivity index (χ2n) is 2.36. The van der Waals surface area contributed by atoms with Gasteiger partial charge in [-0.1, -0.05) is 0 Å². The van der Waals surface area contributed by atoms with Crippen molar-refractivity contribution >= 4 is 35.7 Å². The van der Waals surface area contributed by atoms with E-state index in [2.05, 4.69) is 10.3 Å². The van der Waals surface area contributed by atoms with Gasteiger partial charge in [-0.3, -0.25) is 4.79 Å². The van der Waals surface area contributed by atoms with Gasteiger partial charge in [0, 0.05) is 19.0 Å². The number of amides is 1. The summed E-state index contributed by atoms with van der Waals surface area (Å²) in [4.78, 5) is 14.6. The number of rotatable bonds is 2. The van der Waals surface area contributed by atoms with Gasteiger partial charge in [0.2, 0.25) is 5.91 Å². The van der Waals surface area contributed by atoms with Crippen molar-refractivity contribution in [2.75, 3.05) is 5.32 Å². The van der Waals surface area contributed by atoms with Gasteiger partial charge < -0.3 is 5.32 Å². The van der Waals surface area contributed by atoms with Crippen molar-refractivity contribution in [3.05, 3.63) is 23.9 Å². The van der Waals surface area contributed by atoms with E-state index in [1.165, 1.54) is 6.92 Å². The molecule has 72 valence electrons. The monoisotopic (exact) mass is 220 g/mol. The van der Waals surface area contributed by atoms with Gasteiger partial charge in [-0.2, -0.15) is 0 Å².